The molecule has 1 aromatic rings. The summed E-state index contributed by atoms with van der Waals surface area (Å²) in [5.41, 5.74) is 1.01. The Morgan fingerprint density at radius 2 is 1.62 bits per heavy atom. The highest BCUT2D eigenvalue weighted by Gasteiger charge is 2.44. The Morgan fingerprint density at radius 1 is 0.885 bits per heavy atom. The van der Waals surface area contributed by atoms with Gasteiger partial charge >= 0.3 is 0 Å². The molecule has 142 valence electrons. The van der Waals surface area contributed by atoms with Crippen LogP contribution in [0.1, 0.15) is 75.7 Å². The zero-order valence-corrected chi connectivity index (χ0v) is 15.8. The molecule has 0 bridgehead atoms. The van der Waals surface area contributed by atoms with Crippen molar-refractivity contribution >= 4 is 0 Å². The summed E-state index contributed by atoms with van der Waals surface area (Å²) in [5, 5.41) is 0. The lowest BCUT2D eigenvalue weighted by Crippen LogP contribution is -2.41. The van der Waals surface area contributed by atoms with E-state index in [1.54, 1.807) is 6.07 Å². The third-order valence-electron chi connectivity index (χ3n) is 7.84. The van der Waals surface area contributed by atoms with Gasteiger partial charge in [0.05, 0.1) is 0 Å². The predicted molar refractivity (Wildman–Crippen MR) is 103 cm³/mol. The van der Waals surface area contributed by atoms with E-state index in [2.05, 4.69) is 12.7 Å². The van der Waals surface area contributed by atoms with Gasteiger partial charge < -0.3 is 0 Å². The first-order chi connectivity index (χ1) is 12.7. The monoisotopic (exact) mass is 358 g/mol. The molecule has 0 spiro atoms. The molecule has 26 heavy (non-hydrogen) atoms. The first-order valence-electron chi connectivity index (χ1n) is 10.7. The highest BCUT2D eigenvalue weighted by molar-refractivity contribution is 5.22. The van der Waals surface area contributed by atoms with E-state index < -0.39 is 11.6 Å². The lowest BCUT2D eigenvalue weighted by Gasteiger charge is -2.51. The number of rotatable bonds is 4. The van der Waals surface area contributed by atoms with Gasteiger partial charge in [0.15, 0.2) is 11.6 Å². The maximum atomic E-state index is 13.6. The summed E-state index contributed by atoms with van der Waals surface area (Å²) in [4.78, 5) is 0. The van der Waals surface area contributed by atoms with Crippen LogP contribution in [0.3, 0.4) is 0 Å². The molecule has 0 aliphatic heterocycles. The van der Waals surface area contributed by atoms with Crippen LogP contribution in [-0.2, 0) is 0 Å². The number of benzene rings is 1. The smallest absolute Gasteiger partial charge is 0.159 e. The molecule has 3 fully saturated rings. The van der Waals surface area contributed by atoms with E-state index in [0.717, 1.165) is 41.6 Å². The highest BCUT2D eigenvalue weighted by Crippen LogP contribution is 2.55. The molecule has 4 rings (SSSR count). The summed E-state index contributed by atoms with van der Waals surface area (Å²) in [6.45, 7) is 3.88. The fourth-order valence-corrected chi connectivity index (χ4v) is 6.58. The summed E-state index contributed by atoms with van der Waals surface area (Å²) < 4.78 is 26.9. The van der Waals surface area contributed by atoms with Crippen molar-refractivity contribution < 1.29 is 8.78 Å². The van der Waals surface area contributed by atoms with Gasteiger partial charge in [-0.2, -0.15) is 0 Å². The van der Waals surface area contributed by atoms with Gasteiger partial charge in [-0.15, -0.1) is 6.58 Å². The van der Waals surface area contributed by atoms with Crippen LogP contribution in [0.5, 0.6) is 0 Å². The number of hydrogen-bond acceptors (Lipinski definition) is 0. The largest absolute Gasteiger partial charge is 0.204 e. The van der Waals surface area contributed by atoms with Crippen molar-refractivity contribution in [2.45, 2.75) is 70.1 Å². The first-order valence-corrected chi connectivity index (χ1v) is 10.7. The van der Waals surface area contributed by atoms with E-state index in [4.69, 9.17) is 0 Å². The lowest BCUT2D eigenvalue weighted by molar-refractivity contribution is 0.00564. The zero-order valence-electron chi connectivity index (χ0n) is 15.8. The van der Waals surface area contributed by atoms with Crippen LogP contribution in [0.2, 0.25) is 0 Å². The standard InChI is InChI=1S/C24H32F2/c1-2-3-4-16-5-10-21-19(13-16)6-7-20-14-17(8-11-22(20)21)18-9-12-23(25)24(26)15-18/h2,9,12,15-17,19-22H,1,3-8,10-11,13-14H2/t16-,17?,19-,20+,21+,22+/m1/s1. The van der Waals surface area contributed by atoms with Crippen LogP contribution < -0.4 is 0 Å². The first kappa shape index (κ1) is 18.2. The molecule has 3 saturated carbocycles. The Kier molecular flexibility index (Phi) is 5.47. The lowest BCUT2D eigenvalue weighted by atomic mass is 9.55. The molecule has 3 aliphatic carbocycles. The molecular formula is C24H32F2. The minimum Gasteiger partial charge on any atom is -0.204 e. The second-order valence-electron chi connectivity index (χ2n) is 9.15. The Bertz CT molecular complexity index is 637. The molecule has 6 atom stereocenters. The van der Waals surface area contributed by atoms with E-state index in [9.17, 15) is 8.78 Å². The van der Waals surface area contributed by atoms with Gasteiger partial charge in [-0.3, -0.25) is 0 Å². The molecule has 2 heteroatoms. The normalized spacial score (nSPS) is 36.8. The molecule has 3 aliphatic rings. The quantitative estimate of drug-likeness (QED) is 0.497. The van der Waals surface area contributed by atoms with Crippen molar-refractivity contribution in [3.63, 3.8) is 0 Å². The summed E-state index contributed by atoms with van der Waals surface area (Å²) >= 11 is 0. The minimum absolute atomic E-state index is 0.423. The molecule has 0 radical (unpaired) electrons. The van der Waals surface area contributed by atoms with Gasteiger partial charge in [-0.1, -0.05) is 18.6 Å². The summed E-state index contributed by atoms with van der Waals surface area (Å²) in [6, 6.07) is 4.55. The molecule has 0 heterocycles. The third-order valence-corrected chi connectivity index (χ3v) is 7.84. The van der Waals surface area contributed by atoms with Gasteiger partial charge in [0.2, 0.25) is 0 Å². The van der Waals surface area contributed by atoms with Crippen molar-refractivity contribution in [3.05, 3.63) is 48.1 Å². The molecule has 0 aromatic heterocycles. The van der Waals surface area contributed by atoms with E-state index in [0.29, 0.717) is 5.92 Å². The fourth-order valence-electron chi connectivity index (χ4n) is 6.58. The zero-order chi connectivity index (χ0) is 18.1. The molecular weight excluding hydrogens is 326 g/mol. The molecule has 1 unspecified atom stereocenters. The molecule has 0 saturated heterocycles. The van der Waals surface area contributed by atoms with Crippen molar-refractivity contribution in [3.8, 4) is 0 Å². The van der Waals surface area contributed by atoms with Gasteiger partial charge in [0.25, 0.3) is 0 Å². The number of hydrogen-bond donors (Lipinski definition) is 0. The van der Waals surface area contributed by atoms with Crippen LogP contribution in [0.25, 0.3) is 0 Å². The number of halogens is 2. The van der Waals surface area contributed by atoms with Crippen LogP contribution in [0, 0.1) is 41.2 Å². The number of allylic oxidation sites excluding steroid dienone is 1. The van der Waals surface area contributed by atoms with E-state index in [-0.39, 0.29) is 0 Å². The average Bonchev–Trinajstić information content (AvgIpc) is 2.67. The predicted octanol–water partition coefficient (Wildman–Crippen LogP) is 7.26. The van der Waals surface area contributed by atoms with Crippen molar-refractivity contribution in [1.82, 2.24) is 0 Å². The van der Waals surface area contributed by atoms with E-state index in [1.807, 2.05) is 0 Å². The maximum Gasteiger partial charge on any atom is 0.159 e. The Hall–Kier alpha value is -1.18. The Balaban J connectivity index is 1.39. The van der Waals surface area contributed by atoms with Crippen molar-refractivity contribution in [1.29, 1.82) is 0 Å². The van der Waals surface area contributed by atoms with E-state index in [1.165, 1.54) is 69.9 Å². The maximum absolute atomic E-state index is 13.6. The van der Waals surface area contributed by atoms with Crippen LogP contribution in [0.4, 0.5) is 8.78 Å². The second-order valence-corrected chi connectivity index (χ2v) is 9.15. The molecule has 1 aromatic carbocycles. The minimum atomic E-state index is -0.726. The van der Waals surface area contributed by atoms with E-state index >= 15 is 0 Å². The Morgan fingerprint density at radius 3 is 2.35 bits per heavy atom. The molecule has 0 nitrogen and oxygen atoms in total. The number of fused-ring (bicyclic) bond motifs is 3. The van der Waals surface area contributed by atoms with Gasteiger partial charge in [-0.05, 0) is 111 Å². The van der Waals surface area contributed by atoms with Crippen LogP contribution in [-0.4, -0.2) is 0 Å². The van der Waals surface area contributed by atoms with Crippen LogP contribution in [0.15, 0.2) is 30.9 Å². The van der Waals surface area contributed by atoms with Crippen molar-refractivity contribution in [2.75, 3.05) is 0 Å². The average molecular weight is 359 g/mol. The summed E-state index contributed by atoms with van der Waals surface area (Å²) in [5.74, 6) is 3.49. The van der Waals surface area contributed by atoms with Gasteiger partial charge in [-0.25, -0.2) is 8.78 Å². The second kappa shape index (κ2) is 7.82. The molecule has 0 amide bonds. The molecule has 0 N–H and O–H groups in total. The van der Waals surface area contributed by atoms with Gasteiger partial charge in [0.1, 0.15) is 0 Å². The summed E-state index contributed by atoms with van der Waals surface area (Å²) in [7, 11) is 0. The van der Waals surface area contributed by atoms with Gasteiger partial charge in [0, 0.05) is 0 Å². The topological polar surface area (TPSA) is 0 Å². The summed E-state index contributed by atoms with van der Waals surface area (Å²) in [6.07, 6.45) is 15.2. The van der Waals surface area contributed by atoms with Crippen LogP contribution >= 0.6 is 0 Å². The Labute approximate surface area is 157 Å². The van der Waals surface area contributed by atoms with Crippen molar-refractivity contribution in [2.24, 2.45) is 29.6 Å². The highest BCUT2D eigenvalue weighted by atomic mass is 19.2. The third kappa shape index (κ3) is 3.62. The SMILES string of the molecule is C=CCC[C@@H]1CC[C@H]2[C@H](CC[C@H]3CC(c4ccc(F)c(F)c4)CC[C@@H]32)C1. The fraction of sp³-hybridized carbons (Fsp3) is 0.667.